The highest BCUT2D eigenvalue weighted by molar-refractivity contribution is 8.63. The third-order valence-electron chi connectivity index (χ3n) is 6.26. The molecule has 4 rings (SSSR count). The van der Waals surface area contributed by atoms with Crippen LogP contribution in [0.4, 0.5) is 0 Å². The summed E-state index contributed by atoms with van der Waals surface area (Å²) in [7, 11) is -22.9. The molecule has 42 heavy (non-hydrogen) atoms. The molecule has 4 heterocycles. The highest BCUT2D eigenvalue weighted by Crippen LogP contribution is 2.98. The summed E-state index contributed by atoms with van der Waals surface area (Å²) in [4.78, 5) is 85.5. The van der Waals surface area contributed by atoms with E-state index in [2.05, 4.69) is 19.0 Å². The van der Waals surface area contributed by atoms with Gasteiger partial charge < -0.3 is 49.5 Å². The van der Waals surface area contributed by atoms with Gasteiger partial charge in [-0.1, -0.05) is 0 Å². The summed E-state index contributed by atoms with van der Waals surface area (Å²) >= 11 is 0. The zero-order valence-electron chi connectivity index (χ0n) is 20.5. The monoisotopic (exact) mass is 687 g/mol. The maximum absolute atomic E-state index is 12.0. The second-order valence-corrected chi connectivity index (χ2v) is 20.8. The molecule has 0 bridgehead atoms. The fourth-order valence-electron chi connectivity index (χ4n) is 4.08. The summed E-state index contributed by atoms with van der Waals surface area (Å²) in [5.74, 6) is 0. The third kappa shape index (κ3) is 6.25. The van der Waals surface area contributed by atoms with Crippen LogP contribution in [0.1, 0.15) is 12.5 Å². The molecule has 2 unspecified atom stereocenters. The van der Waals surface area contributed by atoms with Gasteiger partial charge in [-0.3, -0.25) is 28.5 Å². The minimum Gasteiger partial charge on any atom is -0.615 e. The van der Waals surface area contributed by atoms with Gasteiger partial charge in [0.25, 0.3) is 0 Å². The van der Waals surface area contributed by atoms with Gasteiger partial charge in [0.1, 0.15) is 43.0 Å². The molecule has 2 aliphatic rings. The quantitative estimate of drug-likeness (QED) is 0.104. The van der Waals surface area contributed by atoms with Crippen LogP contribution in [0, 0.1) is 5.41 Å². The fraction of sp³-hybridized carbons (Fsp3) is 0.667. The number of aromatic nitrogens is 4. The van der Waals surface area contributed by atoms with Crippen molar-refractivity contribution in [2.75, 3.05) is 13.2 Å². The Morgan fingerprint density at radius 1 is 0.857 bits per heavy atom. The molecule has 238 valence electrons. The number of phosphoric ester groups is 1. The first kappa shape index (κ1) is 33.9. The van der Waals surface area contributed by atoms with Crippen LogP contribution in [-0.4, -0.2) is 119 Å². The number of rotatable bonds is 10. The zero-order valence-corrected chi connectivity index (χ0v) is 24.1. The molecule has 0 aromatic carbocycles. The minimum absolute atomic E-state index is 0.155. The van der Waals surface area contributed by atoms with Crippen molar-refractivity contribution in [2.24, 2.45) is 0 Å². The Hall–Kier alpha value is -0.970. The van der Waals surface area contributed by atoms with Gasteiger partial charge in [0.05, 0.1) is 19.5 Å². The SMILES string of the molecule is N=c1c2ncn([C@@H]3O[C@H](COP(=O)(O)[P+]([O-])(O)[P+]([O-])(O)O)[C@@H](O)[C@H]3O)c2ncn1[C@@H]1O[C@H](COP(=O)(O)O)[C@@H](O)[C@H]1O. The van der Waals surface area contributed by atoms with Gasteiger partial charge in [-0.25, -0.2) is 24.0 Å². The molecule has 2 saturated heterocycles. The number of ether oxygens (including phenoxy) is 2. The number of nitrogens with zero attached hydrogens (tertiary/aromatic N) is 4. The van der Waals surface area contributed by atoms with Crippen molar-refractivity contribution in [3.05, 3.63) is 18.1 Å². The lowest BCUT2D eigenvalue weighted by Gasteiger charge is -2.29. The smallest absolute Gasteiger partial charge is 0.532 e. The Kier molecular flexibility index (Phi) is 9.49. The lowest BCUT2D eigenvalue weighted by atomic mass is 10.1. The van der Waals surface area contributed by atoms with E-state index in [-0.39, 0.29) is 11.2 Å². The highest BCUT2D eigenvalue weighted by atomic mass is 32.5. The van der Waals surface area contributed by atoms with Crippen molar-refractivity contribution in [3.8, 4) is 0 Å². The fourth-order valence-corrected chi connectivity index (χ4v) is 9.86. The Morgan fingerprint density at radius 2 is 1.33 bits per heavy atom. The molecule has 0 spiro atoms. The van der Waals surface area contributed by atoms with Crippen LogP contribution in [0.5, 0.6) is 0 Å². The van der Waals surface area contributed by atoms with Crippen molar-refractivity contribution in [1.82, 2.24) is 19.1 Å². The van der Waals surface area contributed by atoms with Crippen LogP contribution in [0.2, 0.25) is 0 Å². The van der Waals surface area contributed by atoms with E-state index in [1.54, 1.807) is 0 Å². The van der Waals surface area contributed by atoms with Gasteiger partial charge >= 0.3 is 29.8 Å². The number of phosphoric acid groups is 1. The number of nitrogens with one attached hydrogen (secondary N) is 1. The van der Waals surface area contributed by atoms with Crippen LogP contribution in [0.25, 0.3) is 11.2 Å². The van der Waals surface area contributed by atoms with E-state index in [0.717, 1.165) is 21.8 Å². The summed E-state index contributed by atoms with van der Waals surface area (Å²) in [6, 6.07) is 0. The van der Waals surface area contributed by atoms with Gasteiger partial charge in [0.2, 0.25) is 0 Å². The molecule has 2 aliphatic heterocycles. The molecule has 0 saturated carbocycles. The van der Waals surface area contributed by atoms with Gasteiger partial charge in [0, 0.05) is 0 Å². The first-order chi connectivity index (χ1) is 19.2. The topological polar surface area (TPSA) is 379 Å². The van der Waals surface area contributed by atoms with E-state index < -0.39 is 97.6 Å². The normalized spacial score (nSPS) is 33.6. The highest BCUT2D eigenvalue weighted by Gasteiger charge is 2.67. The Labute approximate surface area is 233 Å². The van der Waals surface area contributed by atoms with Gasteiger partial charge in [0.15, 0.2) is 29.1 Å². The molecule has 0 amide bonds. The van der Waals surface area contributed by atoms with E-state index in [1.165, 1.54) is 0 Å². The number of hydrogen-bond acceptors (Lipinski definition) is 18. The van der Waals surface area contributed by atoms with Crippen molar-refractivity contribution >= 4 is 41.0 Å². The van der Waals surface area contributed by atoms with Crippen LogP contribution < -0.4 is 15.3 Å². The van der Waals surface area contributed by atoms with E-state index in [9.17, 15) is 49.1 Å². The second kappa shape index (κ2) is 11.8. The zero-order chi connectivity index (χ0) is 31.6. The molecule has 2 fully saturated rings. The average molecular weight is 687 g/mol. The lowest BCUT2D eigenvalue weighted by Crippen LogP contribution is -2.36. The first-order valence-corrected chi connectivity index (χ1v) is 19.0. The molecule has 2 aromatic heterocycles. The summed E-state index contributed by atoms with van der Waals surface area (Å²) in [6.07, 6.45) is -11.2. The van der Waals surface area contributed by atoms with Crippen LogP contribution in [0.15, 0.2) is 12.7 Å². The van der Waals surface area contributed by atoms with Crippen molar-refractivity contribution in [3.63, 3.8) is 0 Å². The molecule has 23 nitrogen and oxygen atoms in total. The van der Waals surface area contributed by atoms with E-state index >= 15 is 0 Å². The molecule has 11 N–H and O–H groups in total. The summed E-state index contributed by atoms with van der Waals surface area (Å²) in [5.41, 5.74) is -0.833. The molecular weight excluding hydrogens is 662 g/mol. The summed E-state index contributed by atoms with van der Waals surface area (Å²) in [6.45, 7) is -1.98. The molecule has 2 aromatic rings. The van der Waals surface area contributed by atoms with Crippen LogP contribution >= 0.6 is 29.8 Å². The lowest BCUT2D eigenvalue weighted by molar-refractivity contribution is -0.221. The van der Waals surface area contributed by atoms with Crippen LogP contribution in [-0.2, 0) is 27.7 Å². The van der Waals surface area contributed by atoms with E-state index in [1.807, 2.05) is 0 Å². The van der Waals surface area contributed by atoms with Crippen molar-refractivity contribution in [2.45, 2.75) is 49.1 Å². The molecule has 27 heteroatoms. The number of hydrogen-bond donors (Lipinski definition) is 11. The second-order valence-electron chi connectivity index (χ2n) is 9.02. The van der Waals surface area contributed by atoms with Crippen molar-refractivity contribution < 1.29 is 87.2 Å². The third-order valence-corrected chi connectivity index (χ3v) is 17.1. The van der Waals surface area contributed by atoms with Crippen molar-refractivity contribution in [1.29, 1.82) is 5.41 Å². The number of fused-ring (bicyclic) bond motifs is 1. The predicted molar refractivity (Wildman–Crippen MR) is 127 cm³/mol. The average Bonchev–Trinajstić information content (AvgIpc) is 3.51. The number of aliphatic hydroxyl groups is 4. The number of aliphatic hydroxyl groups excluding tert-OH is 4. The molecular formula is C15H25N5O18P4. The summed E-state index contributed by atoms with van der Waals surface area (Å²) < 4.78 is 44.4. The minimum atomic E-state index is -6.09. The van der Waals surface area contributed by atoms with Gasteiger partial charge in [-0.05, 0) is 0 Å². The maximum atomic E-state index is 12.0. The molecule has 0 radical (unpaired) electrons. The standard InChI is InChI=1S/C15H25N5O18P4/c16-12-7-13(18-4-19(12)14-10(23)8(21)5(37-14)1-35-39(25,26)27)20(3-17-7)15-11(24)9(22)6(38-15)2-36-41(31,32)42(33,34)40(28,29)30/h3-6,8-11,14-16,21-24H,1-2H2,(H,31,32)(H,33,34)(H2,25,26,27)(H2,28,29,30)/t5-,6-,8-,9-,10-,11-,14-,15-/m1/s1. The van der Waals surface area contributed by atoms with Crippen LogP contribution in [0.3, 0.4) is 0 Å². The summed E-state index contributed by atoms with van der Waals surface area (Å²) in [5, 5.41) is 49.9. The molecule has 0 aliphatic carbocycles. The molecule has 10 atom stereocenters. The van der Waals surface area contributed by atoms with E-state index in [0.29, 0.717) is 0 Å². The maximum Gasteiger partial charge on any atom is 0.532 e. The predicted octanol–water partition coefficient (Wildman–Crippen LogP) is -5.60. The van der Waals surface area contributed by atoms with Gasteiger partial charge in [-0.15, -0.1) is 0 Å². The van der Waals surface area contributed by atoms with Gasteiger partial charge in [-0.2, -0.15) is 9.79 Å². The van der Waals surface area contributed by atoms with E-state index in [4.69, 9.17) is 34.5 Å². The Balaban J connectivity index is 1.53. The largest absolute Gasteiger partial charge is 0.615 e. The Morgan fingerprint density at radius 3 is 1.83 bits per heavy atom. The Bertz CT molecular complexity index is 1460. The number of imidazole rings is 1. The first-order valence-electron chi connectivity index (χ1n) is 11.3.